The molecule has 0 fully saturated rings. The van der Waals surface area contributed by atoms with Crippen molar-refractivity contribution in [2.45, 2.75) is 32.3 Å². The van der Waals surface area contributed by atoms with Crippen LogP contribution in [0.15, 0.2) is 29.8 Å². The molecular formula is C19H18FN2Na2O6PS. The maximum Gasteiger partial charge on any atom is 1.00 e. The Bertz CT molecular complexity index is 1130. The van der Waals surface area contributed by atoms with E-state index in [0.29, 0.717) is 28.6 Å². The van der Waals surface area contributed by atoms with E-state index in [9.17, 15) is 28.3 Å². The van der Waals surface area contributed by atoms with Crippen LogP contribution in [0.25, 0.3) is 10.9 Å². The van der Waals surface area contributed by atoms with E-state index in [0.717, 1.165) is 11.3 Å². The van der Waals surface area contributed by atoms with Crippen molar-refractivity contribution in [1.82, 2.24) is 9.97 Å². The maximum absolute atomic E-state index is 13.3. The van der Waals surface area contributed by atoms with E-state index in [4.69, 9.17) is 4.74 Å². The number of thiazole rings is 1. The van der Waals surface area contributed by atoms with E-state index in [1.165, 1.54) is 24.4 Å². The van der Waals surface area contributed by atoms with Crippen LogP contribution in [0, 0.1) is 5.82 Å². The predicted octanol–water partition coefficient (Wildman–Crippen LogP) is -3.31. The number of ketones is 1. The van der Waals surface area contributed by atoms with Gasteiger partial charge in [-0.3, -0.25) is 9.59 Å². The van der Waals surface area contributed by atoms with Crippen molar-refractivity contribution in [2.75, 3.05) is 6.16 Å². The van der Waals surface area contributed by atoms with Crippen LogP contribution < -0.4 is 68.9 Å². The van der Waals surface area contributed by atoms with E-state index >= 15 is 0 Å². The van der Waals surface area contributed by atoms with Crippen LogP contribution in [-0.4, -0.2) is 27.9 Å². The number of aromatic nitrogens is 2. The van der Waals surface area contributed by atoms with Crippen LogP contribution in [0.2, 0.25) is 0 Å². The first-order valence-corrected chi connectivity index (χ1v) is 11.8. The van der Waals surface area contributed by atoms with Gasteiger partial charge < -0.3 is 24.1 Å². The van der Waals surface area contributed by atoms with E-state index in [-0.39, 0.29) is 82.7 Å². The summed E-state index contributed by atoms with van der Waals surface area (Å²) in [5.74, 6) is -1.40. The first-order chi connectivity index (χ1) is 14.2. The van der Waals surface area contributed by atoms with Crippen molar-refractivity contribution in [3.05, 3.63) is 51.9 Å². The second kappa shape index (κ2) is 12.9. The first-order valence-electron chi connectivity index (χ1n) is 9.15. The second-order valence-corrected chi connectivity index (χ2v) is 9.15. The number of halogens is 1. The number of fused-ring (bicyclic) bond motifs is 1. The molecule has 0 saturated heterocycles. The number of ether oxygens (including phenoxy) is 1. The Hall–Kier alpha value is -0.390. The van der Waals surface area contributed by atoms with Crippen LogP contribution in [0.3, 0.4) is 0 Å². The second-order valence-electron chi connectivity index (χ2n) is 6.62. The normalized spacial score (nSPS) is 12.0. The van der Waals surface area contributed by atoms with Crippen LogP contribution in [0.4, 0.5) is 4.39 Å². The van der Waals surface area contributed by atoms with Gasteiger partial charge >= 0.3 is 65.1 Å². The predicted molar refractivity (Wildman–Crippen MR) is 105 cm³/mol. The molecule has 3 rings (SSSR count). The fourth-order valence-electron chi connectivity index (χ4n) is 2.93. The number of hydrogen-bond donors (Lipinski definition) is 1. The largest absolute Gasteiger partial charge is 1.00 e. The zero-order valence-electron chi connectivity index (χ0n) is 17.9. The monoisotopic (exact) mass is 498 g/mol. The zero-order valence-corrected chi connectivity index (χ0v) is 23.6. The molecule has 0 bridgehead atoms. The number of nitrogens with one attached hydrogen (secondary N) is 1. The Morgan fingerprint density at radius 2 is 2.03 bits per heavy atom. The molecule has 0 aliphatic carbocycles. The average Bonchev–Trinajstić information content (AvgIpc) is 3.31. The van der Waals surface area contributed by atoms with Crippen LogP contribution in [-0.2, 0) is 14.1 Å². The molecule has 1 aromatic carbocycles. The Morgan fingerprint density at radius 3 is 2.69 bits per heavy atom. The van der Waals surface area contributed by atoms with Crippen molar-refractivity contribution < 1.29 is 92.2 Å². The topological polar surface area (TPSA) is 135 Å². The standard InChI is InChI=1S/C19H20FN2O6PS.2Na/c1-2-16(28-17(23)4-3-7-29(25,26)27)15-10-30-19(22-15)18(24)13-9-21-14-8-11(20)5-6-12(13)14;;/h5-6,8-10,16,21H,2-4,7H2,1H3,(H2,25,26,27);;/q;2*+1/p-2/t16-;;/m0../s1. The Labute approximate surface area is 232 Å². The number of rotatable bonds is 9. The number of carbonyl (C=O) groups is 2. The third-order valence-electron chi connectivity index (χ3n) is 4.39. The van der Waals surface area contributed by atoms with Crippen molar-refractivity contribution in [3.63, 3.8) is 0 Å². The zero-order chi connectivity index (χ0) is 21.9. The van der Waals surface area contributed by atoms with Crippen molar-refractivity contribution in [1.29, 1.82) is 0 Å². The minimum absolute atomic E-state index is 0. The third kappa shape index (κ3) is 7.84. The van der Waals surface area contributed by atoms with Crippen molar-refractivity contribution in [3.8, 4) is 0 Å². The number of nitrogens with zero attached hydrogens (tertiary/aromatic N) is 1. The molecule has 0 radical (unpaired) electrons. The van der Waals surface area contributed by atoms with Gasteiger partial charge in [-0.15, -0.1) is 11.3 Å². The fourth-order valence-corrected chi connectivity index (χ4v) is 4.28. The van der Waals surface area contributed by atoms with Crippen LogP contribution >= 0.6 is 18.9 Å². The molecule has 0 aliphatic rings. The van der Waals surface area contributed by atoms with Gasteiger partial charge in [0.05, 0.1) is 11.3 Å². The van der Waals surface area contributed by atoms with E-state index < -0.39 is 31.6 Å². The molecule has 0 unspecified atom stereocenters. The van der Waals surface area contributed by atoms with Gasteiger partial charge in [0, 0.05) is 28.9 Å². The van der Waals surface area contributed by atoms with Crippen LogP contribution in [0.1, 0.15) is 53.3 Å². The summed E-state index contributed by atoms with van der Waals surface area (Å²) in [6.07, 6.45) is 0.280. The summed E-state index contributed by atoms with van der Waals surface area (Å²) in [7, 11) is -4.65. The molecule has 13 heteroatoms. The van der Waals surface area contributed by atoms with Gasteiger partial charge in [0.1, 0.15) is 11.9 Å². The smallest absolute Gasteiger partial charge is 0.811 e. The summed E-state index contributed by atoms with van der Waals surface area (Å²) >= 11 is 1.10. The number of carbonyl (C=O) groups excluding carboxylic acids is 2. The molecule has 2 heterocycles. The third-order valence-corrected chi connectivity index (χ3v) is 6.12. The SMILES string of the molecule is CC[C@H](OC(=O)CCCP(=O)([O-])[O-])c1csc(C(=O)c2c[nH]c3cc(F)ccc23)n1.[Na+].[Na+]. The summed E-state index contributed by atoms with van der Waals surface area (Å²) in [6.45, 7) is 1.77. The number of H-pyrrole nitrogens is 1. The molecule has 1 atom stereocenters. The van der Waals surface area contributed by atoms with Gasteiger partial charge in [-0.05, 0) is 37.2 Å². The quantitative estimate of drug-likeness (QED) is 0.141. The maximum atomic E-state index is 13.3. The molecular weight excluding hydrogens is 480 g/mol. The van der Waals surface area contributed by atoms with Gasteiger partial charge in [0.2, 0.25) is 5.78 Å². The summed E-state index contributed by atoms with van der Waals surface area (Å²) in [4.78, 5) is 53.2. The molecule has 0 amide bonds. The molecule has 32 heavy (non-hydrogen) atoms. The van der Waals surface area contributed by atoms with Gasteiger partial charge in [-0.2, -0.15) is 0 Å². The van der Waals surface area contributed by atoms with E-state index in [1.54, 1.807) is 12.3 Å². The van der Waals surface area contributed by atoms with Crippen molar-refractivity contribution in [2.24, 2.45) is 0 Å². The molecule has 2 aromatic heterocycles. The summed E-state index contributed by atoms with van der Waals surface area (Å²) in [6, 6.07) is 4.08. The molecule has 8 nitrogen and oxygen atoms in total. The number of benzene rings is 1. The molecule has 160 valence electrons. The number of esters is 1. The molecule has 0 aliphatic heterocycles. The van der Waals surface area contributed by atoms with E-state index in [1.807, 2.05) is 0 Å². The number of hydrogen-bond acceptors (Lipinski definition) is 8. The van der Waals surface area contributed by atoms with Gasteiger partial charge in [0.15, 0.2) is 5.01 Å². The van der Waals surface area contributed by atoms with Gasteiger partial charge in [-0.1, -0.05) is 14.5 Å². The Kier molecular flexibility index (Phi) is 12.0. The Balaban J connectivity index is 0.00000256. The molecule has 0 saturated carbocycles. The summed E-state index contributed by atoms with van der Waals surface area (Å²) < 4.78 is 29.3. The molecule has 0 spiro atoms. The molecule has 3 aromatic rings. The minimum Gasteiger partial charge on any atom is -0.811 e. The van der Waals surface area contributed by atoms with Crippen LogP contribution in [0.5, 0.6) is 0 Å². The summed E-state index contributed by atoms with van der Waals surface area (Å²) in [5, 5.41) is 2.39. The minimum atomic E-state index is -4.65. The first kappa shape index (κ1) is 29.6. The fraction of sp³-hybridized carbons (Fsp3) is 0.316. The average molecular weight is 498 g/mol. The van der Waals surface area contributed by atoms with Gasteiger partial charge in [0.25, 0.3) is 0 Å². The van der Waals surface area contributed by atoms with Gasteiger partial charge in [-0.25, -0.2) is 9.37 Å². The Morgan fingerprint density at radius 1 is 1.31 bits per heavy atom. The summed E-state index contributed by atoms with van der Waals surface area (Å²) in [5.41, 5.74) is 1.26. The number of aromatic amines is 1. The molecule has 1 N–H and O–H groups in total. The van der Waals surface area contributed by atoms with Crippen molar-refractivity contribution >= 4 is 41.6 Å². The van der Waals surface area contributed by atoms with E-state index in [2.05, 4.69) is 9.97 Å².